The number of methoxy groups -OCH3 is 1. The molecule has 23 heavy (non-hydrogen) atoms. The summed E-state index contributed by atoms with van der Waals surface area (Å²) >= 11 is 1.36. The van der Waals surface area contributed by atoms with Gasteiger partial charge in [0.05, 0.1) is 12.7 Å². The van der Waals surface area contributed by atoms with E-state index in [2.05, 4.69) is 12.2 Å². The maximum Gasteiger partial charge on any atom is 0.341 e. The quantitative estimate of drug-likeness (QED) is 0.651. The van der Waals surface area contributed by atoms with E-state index in [1.165, 1.54) is 25.4 Å². The Bertz CT molecular complexity index is 689. The second-order valence-electron chi connectivity index (χ2n) is 5.67. The zero-order valence-corrected chi connectivity index (χ0v) is 14.1. The topological polar surface area (TPSA) is 92.7 Å². The van der Waals surface area contributed by atoms with Gasteiger partial charge in [0.2, 0.25) is 5.91 Å². The second-order valence-corrected chi connectivity index (χ2v) is 6.77. The number of hydrogen-bond donors (Lipinski definition) is 2. The molecule has 1 aliphatic rings. The zero-order chi connectivity index (χ0) is 17.1. The van der Waals surface area contributed by atoms with Crippen LogP contribution in [0.4, 0.5) is 5.00 Å². The van der Waals surface area contributed by atoms with E-state index in [1.54, 1.807) is 0 Å². The van der Waals surface area contributed by atoms with Crippen molar-refractivity contribution in [2.45, 2.75) is 33.1 Å². The summed E-state index contributed by atoms with van der Waals surface area (Å²) < 4.78 is 4.84. The highest BCUT2D eigenvalue weighted by molar-refractivity contribution is 7.17. The van der Waals surface area contributed by atoms with Gasteiger partial charge in [0.1, 0.15) is 5.00 Å². The van der Waals surface area contributed by atoms with Crippen LogP contribution in [0.25, 0.3) is 0 Å². The molecule has 0 saturated carbocycles. The molecule has 2 rings (SSSR count). The normalized spacial score (nSPS) is 17.3. The van der Waals surface area contributed by atoms with Crippen LogP contribution in [-0.4, -0.2) is 30.1 Å². The molecule has 0 spiro atoms. The van der Waals surface area contributed by atoms with Crippen molar-refractivity contribution in [1.82, 2.24) is 0 Å². The molecule has 2 N–H and O–H groups in total. The third kappa shape index (κ3) is 3.79. The van der Waals surface area contributed by atoms with Crippen molar-refractivity contribution in [2.75, 3.05) is 12.4 Å². The summed E-state index contributed by atoms with van der Waals surface area (Å²) in [6.07, 6.45) is 3.63. The van der Waals surface area contributed by atoms with Crippen molar-refractivity contribution in [3.05, 3.63) is 27.7 Å². The van der Waals surface area contributed by atoms with Crippen molar-refractivity contribution in [2.24, 2.45) is 5.92 Å². The number of carboxylic acids is 1. The summed E-state index contributed by atoms with van der Waals surface area (Å²) in [7, 11) is 1.30. The van der Waals surface area contributed by atoms with E-state index in [1.807, 2.05) is 0 Å². The first-order valence-electron chi connectivity index (χ1n) is 7.28. The predicted octanol–water partition coefficient (Wildman–Crippen LogP) is 2.63. The fourth-order valence-electron chi connectivity index (χ4n) is 2.56. The Hall–Kier alpha value is -2.15. The molecule has 6 nitrogen and oxygen atoms in total. The average Bonchev–Trinajstić information content (AvgIpc) is 2.82. The van der Waals surface area contributed by atoms with Crippen LogP contribution in [0.3, 0.4) is 0 Å². The third-order valence-corrected chi connectivity index (χ3v) is 4.99. The van der Waals surface area contributed by atoms with Crippen molar-refractivity contribution in [3.63, 3.8) is 0 Å². The van der Waals surface area contributed by atoms with Crippen LogP contribution >= 0.6 is 11.3 Å². The van der Waals surface area contributed by atoms with E-state index >= 15 is 0 Å². The van der Waals surface area contributed by atoms with Crippen LogP contribution < -0.4 is 5.32 Å². The Morgan fingerprint density at radius 1 is 1.39 bits per heavy atom. The van der Waals surface area contributed by atoms with Crippen molar-refractivity contribution < 1.29 is 24.2 Å². The summed E-state index contributed by atoms with van der Waals surface area (Å²) in [6, 6.07) is 0. The highest BCUT2D eigenvalue weighted by Crippen LogP contribution is 2.40. The van der Waals surface area contributed by atoms with Crippen LogP contribution in [0.1, 0.15) is 41.1 Å². The molecule has 1 aromatic heterocycles. The molecule has 1 unspecified atom stereocenters. The molecule has 124 valence electrons. The monoisotopic (exact) mass is 337 g/mol. The summed E-state index contributed by atoms with van der Waals surface area (Å²) in [5, 5.41) is 11.9. The fourth-order valence-corrected chi connectivity index (χ4v) is 3.96. The summed E-state index contributed by atoms with van der Waals surface area (Å²) in [5.41, 5.74) is 1.26. The first kappa shape index (κ1) is 17.2. The van der Waals surface area contributed by atoms with E-state index in [0.717, 1.165) is 35.8 Å². The zero-order valence-electron chi connectivity index (χ0n) is 13.3. The second kappa shape index (κ2) is 6.95. The number of nitrogens with one attached hydrogen (secondary N) is 1. The number of carbonyl (C=O) groups is 3. The van der Waals surface area contributed by atoms with Gasteiger partial charge in [0.25, 0.3) is 0 Å². The maximum absolute atomic E-state index is 12.1. The molecule has 1 amide bonds. The van der Waals surface area contributed by atoms with Crippen molar-refractivity contribution in [3.8, 4) is 0 Å². The van der Waals surface area contributed by atoms with Crippen molar-refractivity contribution >= 4 is 34.2 Å². The van der Waals surface area contributed by atoms with Gasteiger partial charge in [-0.3, -0.25) is 4.79 Å². The Morgan fingerprint density at radius 2 is 2.09 bits per heavy atom. The van der Waals surface area contributed by atoms with Crippen LogP contribution in [0, 0.1) is 5.92 Å². The number of carbonyl (C=O) groups excluding carboxylic acids is 2. The van der Waals surface area contributed by atoms with Gasteiger partial charge in [0.15, 0.2) is 0 Å². The average molecular weight is 337 g/mol. The van der Waals surface area contributed by atoms with Gasteiger partial charge in [0, 0.05) is 16.5 Å². The summed E-state index contributed by atoms with van der Waals surface area (Å²) in [6.45, 7) is 3.49. The van der Waals surface area contributed by atoms with E-state index in [4.69, 9.17) is 9.84 Å². The third-order valence-electron chi connectivity index (χ3n) is 3.82. The lowest BCUT2D eigenvalue weighted by Gasteiger charge is -2.18. The highest BCUT2D eigenvalue weighted by atomic mass is 32.1. The van der Waals surface area contributed by atoms with E-state index in [-0.39, 0.29) is 5.57 Å². The molecule has 0 radical (unpaired) electrons. The van der Waals surface area contributed by atoms with Crippen molar-refractivity contribution in [1.29, 1.82) is 0 Å². The molecular weight excluding hydrogens is 318 g/mol. The minimum absolute atomic E-state index is 0.0722. The number of ether oxygens (including phenoxy) is 1. The molecule has 7 heteroatoms. The van der Waals surface area contributed by atoms with Gasteiger partial charge >= 0.3 is 11.9 Å². The lowest BCUT2D eigenvalue weighted by molar-refractivity contribution is -0.132. The Labute approximate surface area is 138 Å². The standard InChI is InChI=1S/C16H19NO5S/c1-8-4-5-10-11(6-8)23-14(13(10)16(21)22-3)17-12(18)7-9(2)15(19)20/h7-8H,4-6H2,1-3H3,(H,17,18)(H,19,20)/b9-7+. The molecule has 1 aromatic rings. The van der Waals surface area contributed by atoms with Crippen LogP contribution in [-0.2, 0) is 27.2 Å². The molecule has 0 bridgehead atoms. The van der Waals surface area contributed by atoms with Gasteiger partial charge in [-0.05, 0) is 37.7 Å². The molecule has 1 heterocycles. The van der Waals surface area contributed by atoms with Crippen LogP contribution in [0.2, 0.25) is 0 Å². The lowest BCUT2D eigenvalue weighted by atomic mass is 9.88. The number of esters is 1. The minimum Gasteiger partial charge on any atom is -0.478 e. The largest absolute Gasteiger partial charge is 0.478 e. The molecule has 1 aliphatic carbocycles. The predicted molar refractivity (Wildman–Crippen MR) is 86.9 cm³/mol. The maximum atomic E-state index is 12.1. The van der Waals surface area contributed by atoms with Gasteiger partial charge in [-0.15, -0.1) is 11.3 Å². The molecule has 0 fully saturated rings. The Balaban J connectivity index is 2.35. The summed E-state index contributed by atoms with van der Waals surface area (Å²) in [5.74, 6) is -1.68. The van der Waals surface area contributed by atoms with Gasteiger partial charge in [-0.1, -0.05) is 6.92 Å². The summed E-state index contributed by atoms with van der Waals surface area (Å²) in [4.78, 5) is 35.9. The lowest BCUT2D eigenvalue weighted by Crippen LogP contribution is -2.15. The van der Waals surface area contributed by atoms with Gasteiger partial charge in [-0.2, -0.15) is 0 Å². The number of anilines is 1. The first-order valence-corrected chi connectivity index (χ1v) is 8.10. The molecule has 0 aliphatic heterocycles. The van der Waals surface area contributed by atoms with E-state index in [0.29, 0.717) is 16.5 Å². The molecular formula is C16H19NO5S. The van der Waals surface area contributed by atoms with Crippen LogP contribution in [0.15, 0.2) is 11.6 Å². The number of amides is 1. The number of fused-ring (bicyclic) bond motifs is 1. The molecule has 0 aromatic carbocycles. The molecule has 1 atom stereocenters. The van der Waals surface area contributed by atoms with E-state index in [9.17, 15) is 14.4 Å². The minimum atomic E-state index is -1.16. The number of thiophene rings is 1. The van der Waals surface area contributed by atoms with Gasteiger partial charge < -0.3 is 15.2 Å². The number of hydrogen-bond acceptors (Lipinski definition) is 5. The van der Waals surface area contributed by atoms with Crippen LogP contribution in [0.5, 0.6) is 0 Å². The number of rotatable bonds is 4. The highest BCUT2D eigenvalue weighted by Gasteiger charge is 2.28. The first-order chi connectivity index (χ1) is 10.8. The number of aliphatic carboxylic acids is 1. The van der Waals surface area contributed by atoms with E-state index < -0.39 is 17.8 Å². The van der Waals surface area contributed by atoms with Gasteiger partial charge in [-0.25, -0.2) is 9.59 Å². The SMILES string of the molecule is COC(=O)c1c(NC(=O)/C=C(\C)C(=O)O)sc2c1CCC(C)C2. The Kier molecular flexibility index (Phi) is 5.20. The Morgan fingerprint density at radius 3 is 2.70 bits per heavy atom. The molecule has 0 saturated heterocycles. The smallest absolute Gasteiger partial charge is 0.341 e. The number of carboxylic acid groups (broad SMARTS) is 1. The fraction of sp³-hybridized carbons (Fsp3) is 0.438.